The molecule has 4 rings (SSSR count). The third-order valence-electron chi connectivity index (χ3n) is 5.24. The largest absolute Gasteiger partial charge is 0.436 e. The molecule has 3 aromatic carbocycles. The number of hydrogen-bond acceptors (Lipinski definition) is 4. The number of hydrogen-bond donors (Lipinski definition) is 2. The molecule has 1 unspecified atom stereocenters. The van der Waals surface area contributed by atoms with Gasteiger partial charge in [0.15, 0.2) is 5.58 Å². The van der Waals surface area contributed by atoms with Crippen LogP contribution in [0, 0.1) is 0 Å². The van der Waals surface area contributed by atoms with Crippen molar-refractivity contribution in [1.29, 1.82) is 0 Å². The van der Waals surface area contributed by atoms with E-state index in [1.54, 1.807) is 0 Å². The first-order chi connectivity index (χ1) is 15.2. The smallest absolute Gasteiger partial charge is 0.227 e. The summed E-state index contributed by atoms with van der Waals surface area (Å²) in [6.45, 7) is 4.20. The minimum atomic E-state index is -0.00789. The molecule has 0 saturated carbocycles. The summed E-state index contributed by atoms with van der Waals surface area (Å²) >= 11 is 0. The van der Waals surface area contributed by atoms with Crippen molar-refractivity contribution in [3.63, 3.8) is 0 Å². The number of benzene rings is 3. The van der Waals surface area contributed by atoms with Gasteiger partial charge in [0.25, 0.3) is 0 Å². The normalized spacial score (nSPS) is 13.0. The van der Waals surface area contributed by atoms with E-state index >= 15 is 0 Å². The van der Waals surface area contributed by atoms with Crippen molar-refractivity contribution in [3.8, 4) is 11.5 Å². The van der Waals surface area contributed by atoms with Crippen LogP contribution in [0.25, 0.3) is 22.6 Å². The lowest BCUT2D eigenvalue weighted by molar-refractivity contribution is 0.620. The summed E-state index contributed by atoms with van der Waals surface area (Å²) < 4.78 is 5.89. The molecule has 0 aliphatic carbocycles. The SMILES string of the molecule is C/C=C(\C=C/CC)C(Nc1ccc(-c2nc3ccccc3o2)cc1N)c1ccccc1. The quantitative estimate of drug-likeness (QED) is 0.251. The average molecular weight is 410 g/mol. The Hall–Kier alpha value is -3.79. The molecule has 4 nitrogen and oxygen atoms in total. The predicted octanol–water partition coefficient (Wildman–Crippen LogP) is 7.14. The first-order valence-corrected chi connectivity index (χ1v) is 10.6. The minimum Gasteiger partial charge on any atom is -0.436 e. The molecular formula is C27H27N3O. The molecule has 0 radical (unpaired) electrons. The van der Waals surface area contributed by atoms with Crippen LogP contribution < -0.4 is 11.1 Å². The van der Waals surface area contributed by atoms with Gasteiger partial charge in [0.2, 0.25) is 5.89 Å². The molecule has 0 amide bonds. The van der Waals surface area contributed by atoms with E-state index in [0.717, 1.165) is 28.8 Å². The van der Waals surface area contributed by atoms with E-state index in [0.29, 0.717) is 11.6 Å². The van der Waals surface area contributed by atoms with Gasteiger partial charge in [-0.25, -0.2) is 4.98 Å². The van der Waals surface area contributed by atoms with Gasteiger partial charge in [0.1, 0.15) is 5.52 Å². The molecule has 4 aromatic rings. The summed E-state index contributed by atoms with van der Waals surface area (Å²) in [6.07, 6.45) is 7.47. The zero-order chi connectivity index (χ0) is 21.6. The Bertz CT molecular complexity index is 1190. The van der Waals surface area contributed by atoms with E-state index in [-0.39, 0.29) is 6.04 Å². The molecule has 0 bridgehead atoms. The van der Waals surface area contributed by atoms with Crippen LogP contribution in [-0.4, -0.2) is 4.98 Å². The third-order valence-corrected chi connectivity index (χ3v) is 5.24. The molecule has 1 aromatic heterocycles. The molecule has 4 heteroatoms. The monoisotopic (exact) mass is 409 g/mol. The second-order valence-corrected chi connectivity index (χ2v) is 7.38. The van der Waals surface area contributed by atoms with Gasteiger partial charge in [-0.1, -0.05) is 67.6 Å². The van der Waals surface area contributed by atoms with Crippen LogP contribution in [0.15, 0.2) is 101 Å². The van der Waals surface area contributed by atoms with Gasteiger partial charge in [-0.3, -0.25) is 0 Å². The summed E-state index contributed by atoms with van der Waals surface area (Å²) in [5, 5.41) is 3.63. The molecule has 0 aliphatic heterocycles. The fourth-order valence-electron chi connectivity index (χ4n) is 3.60. The Balaban J connectivity index is 1.66. The first kappa shape index (κ1) is 20.5. The maximum atomic E-state index is 6.45. The van der Waals surface area contributed by atoms with Crippen molar-refractivity contribution in [1.82, 2.24) is 4.98 Å². The number of allylic oxidation sites excluding steroid dienone is 2. The fourth-order valence-corrected chi connectivity index (χ4v) is 3.60. The Morgan fingerprint density at radius 2 is 1.84 bits per heavy atom. The van der Waals surface area contributed by atoms with Gasteiger partial charge < -0.3 is 15.5 Å². The molecule has 31 heavy (non-hydrogen) atoms. The Labute approximate surface area is 183 Å². The van der Waals surface area contributed by atoms with Crippen LogP contribution in [0.1, 0.15) is 31.9 Å². The first-order valence-electron chi connectivity index (χ1n) is 10.6. The summed E-state index contributed by atoms with van der Waals surface area (Å²) in [4.78, 5) is 4.58. The second kappa shape index (κ2) is 9.35. The summed E-state index contributed by atoms with van der Waals surface area (Å²) in [5.41, 5.74) is 12.8. The van der Waals surface area contributed by atoms with E-state index in [2.05, 4.69) is 66.6 Å². The minimum absolute atomic E-state index is 0.00789. The number of nitrogens with zero attached hydrogens (tertiary/aromatic N) is 1. The van der Waals surface area contributed by atoms with Crippen LogP contribution in [-0.2, 0) is 0 Å². The Morgan fingerprint density at radius 3 is 2.55 bits per heavy atom. The maximum Gasteiger partial charge on any atom is 0.227 e. The van der Waals surface area contributed by atoms with Crippen molar-refractivity contribution in [2.45, 2.75) is 26.3 Å². The van der Waals surface area contributed by atoms with Gasteiger partial charge in [0, 0.05) is 5.56 Å². The van der Waals surface area contributed by atoms with Crippen LogP contribution in [0.4, 0.5) is 11.4 Å². The van der Waals surface area contributed by atoms with E-state index in [1.165, 1.54) is 11.1 Å². The van der Waals surface area contributed by atoms with E-state index < -0.39 is 0 Å². The molecule has 156 valence electrons. The number of nitrogens with two attached hydrogens (primary N) is 1. The highest BCUT2D eigenvalue weighted by atomic mass is 16.3. The van der Waals surface area contributed by atoms with Crippen molar-refractivity contribution < 1.29 is 4.42 Å². The lowest BCUT2D eigenvalue weighted by Gasteiger charge is -2.23. The van der Waals surface area contributed by atoms with E-state index in [1.807, 2.05) is 48.5 Å². The van der Waals surface area contributed by atoms with Gasteiger partial charge in [-0.2, -0.15) is 0 Å². The Morgan fingerprint density at radius 1 is 1.06 bits per heavy atom. The lowest BCUT2D eigenvalue weighted by Crippen LogP contribution is -2.14. The highest BCUT2D eigenvalue weighted by Crippen LogP contribution is 2.33. The topological polar surface area (TPSA) is 64.1 Å². The highest BCUT2D eigenvalue weighted by molar-refractivity contribution is 5.79. The van der Waals surface area contributed by atoms with E-state index in [4.69, 9.17) is 10.2 Å². The fraction of sp³-hybridized carbons (Fsp3) is 0.148. The van der Waals surface area contributed by atoms with Crippen LogP contribution >= 0.6 is 0 Å². The molecule has 0 saturated heterocycles. The number of nitrogens with one attached hydrogen (secondary N) is 1. The van der Waals surface area contributed by atoms with Crippen molar-refractivity contribution in [2.24, 2.45) is 0 Å². The van der Waals surface area contributed by atoms with Gasteiger partial charge >= 0.3 is 0 Å². The highest BCUT2D eigenvalue weighted by Gasteiger charge is 2.16. The maximum absolute atomic E-state index is 6.45. The van der Waals surface area contributed by atoms with Gasteiger partial charge in [-0.05, 0) is 54.8 Å². The molecule has 0 spiro atoms. The van der Waals surface area contributed by atoms with Crippen molar-refractivity contribution in [3.05, 3.63) is 102 Å². The molecular weight excluding hydrogens is 382 g/mol. The molecule has 0 fully saturated rings. The number of aromatic nitrogens is 1. The third kappa shape index (κ3) is 4.53. The predicted molar refractivity (Wildman–Crippen MR) is 130 cm³/mol. The lowest BCUT2D eigenvalue weighted by atomic mass is 9.97. The number of fused-ring (bicyclic) bond motifs is 1. The summed E-state index contributed by atoms with van der Waals surface area (Å²) in [6, 6.07) is 24.0. The molecule has 1 atom stereocenters. The Kier molecular flexibility index (Phi) is 6.18. The second-order valence-electron chi connectivity index (χ2n) is 7.38. The van der Waals surface area contributed by atoms with Crippen LogP contribution in [0.2, 0.25) is 0 Å². The van der Waals surface area contributed by atoms with Crippen LogP contribution in [0.3, 0.4) is 0 Å². The van der Waals surface area contributed by atoms with E-state index in [9.17, 15) is 0 Å². The number of nitrogen functional groups attached to an aromatic ring is 1. The van der Waals surface area contributed by atoms with Gasteiger partial charge in [-0.15, -0.1) is 0 Å². The zero-order valence-electron chi connectivity index (χ0n) is 17.9. The standard InChI is InChI=1S/C27H27N3O/c1-3-5-11-19(4-2)26(20-12-7-6-8-13-20)29-23-17-16-21(18-22(23)28)27-30-24-14-9-10-15-25(24)31-27/h4-18,26,29H,3,28H2,1-2H3/b11-5-,19-4+. The van der Waals surface area contributed by atoms with Crippen LogP contribution in [0.5, 0.6) is 0 Å². The number of anilines is 2. The number of oxazole rings is 1. The van der Waals surface area contributed by atoms with Crippen molar-refractivity contribution >= 4 is 22.5 Å². The summed E-state index contributed by atoms with van der Waals surface area (Å²) in [5.74, 6) is 0.569. The summed E-state index contributed by atoms with van der Waals surface area (Å²) in [7, 11) is 0. The number of para-hydroxylation sites is 2. The average Bonchev–Trinajstić information content (AvgIpc) is 3.24. The number of rotatable bonds is 7. The molecule has 0 aliphatic rings. The van der Waals surface area contributed by atoms with Gasteiger partial charge in [0.05, 0.1) is 17.4 Å². The molecule has 1 heterocycles. The zero-order valence-corrected chi connectivity index (χ0v) is 17.9. The van der Waals surface area contributed by atoms with Crippen molar-refractivity contribution in [2.75, 3.05) is 11.1 Å². The molecule has 3 N–H and O–H groups in total.